The summed E-state index contributed by atoms with van der Waals surface area (Å²) in [7, 11) is 4.06. The number of hydrogen-bond donors (Lipinski definition) is 2. The van der Waals surface area contributed by atoms with Crippen molar-refractivity contribution in [3.63, 3.8) is 0 Å². The molecule has 0 unspecified atom stereocenters. The van der Waals surface area contributed by atoms with E-state index in [1.54, 1.807) is 24.4 Å². The summed E-state index contributed by atoms with van der Waals surface area (Å²) in [6.45, 7) is 1.80. The van der Waals surface area contributed by atoms with E-state index in [1.165, 1.54) is 0 Å². The van der Waals surface area contributed by atoms with Gasteiger partial charge in [-0.05, 0) is 38.4 Å². The van der Waals surface area contributed by atoms with Crippen molar-refractivity contribution in [3.05, 3.63) is 54.2 Å². The lowest BCUT2D eigenvalue weighted by Gasteiger charge is -2.11. The average molecular weight is 284 g/mol. The van der Waals surface area contributed by atoms with E-state index in [-0.39, 0.29) is 5.91 Å². The molecule has 0 bridgehead atoms. The van der Waals surface area contributed by atoms with Gasteiger partial charge in [-0.1, -0.05) is 18.2 Å². The largest absolute Gasteiger partial charge is 0.383 e. The molecule has 1 amide bonds. The van der Waals surface area contributed by atoms with Crippen LogP contribution < -0.4 is 10.6 Å². The second kappa shape index (κ2) is 7.40. The highest BCUT2D eigenvalue weighted by Crippen LogP contribution is 2.10. The van der Waals surface area contributed by atoms with Crippen LogP contribution in [0.15, 0.2) is 48.7 Å². The SMILES string of the molecule is CN(C)CCNc1ccc(NC(=O)c2ccccc2)nc1. The molecule has 2 N–H and O–H groups in total. The third-order valence-corrected chi connectivity index (χ3v) is 2.93. The standard InChI is InChI=1S/C16H20N4O/c1-20(2)11-10-17-14-8-9-15(18-12-14)19-16(21)13-6-4-3-5-7-13/h3-9,12,17H,10-11H2,1-2H3,(H,18,19,21). The Labute approximate surface area is 125 Å². The molecule has 0 fully saturated rings. The number of nitrogens with one attached hydrogen (secondary N) is 2. The molecule has 1 heterocycles. The van der Waals surface area contributed by atoms with Crippen molar-refractivity contribution >= 4 is 17.4 Å². The number of hydrogen-bond acceptors (Lipinski definition) is 4. The summed E-state index contributed by atoms with van der Waals surface area (Å²) in [4.78, 5) is 18.3. The first-order valence-corrected chi connectivity index (χ1v) is 6.86. The number of rotatable bonds is 6. The molecule has 0 spiro atoms. The third kappa shape index (κ3) is 4.89. The number of likely N-dealkylation sites (N-methyl/N-ethyl adjacent to an activating group) is 1. The Morgan fingerprint density at radius 3 is 2.52 bits per heavy atom. The zero-order valence-corrected chi connectivity index (χ0v) is 12.3. The molecule has 21 heavy (non-hydrogen) atoms. The molecule has 5 nitrogen and oxygen atoms in total. The first kappa shape index (κ1) is 15.0. The van der Waals surface area contributed by atoms with Crippen molar-refractivity contribution in [1.82, 2.24) is 9.88 Å². The quantitative estimate of drug-likeness (QED) is 0.854. The smallest absolute Gasteiger partial charge is 0.256 e. The summed E-state index contributed by atoms with van der Waals surface area (Å²) < 4.78 is 0. The van der Waals surface area contributed by atoms with Gasteiger partial charge in [0.1, 0.15) is 5.82 Å². The van der Waals surface area contributed by atoms with Crippen molar-refractivity contribution in [3.8, 4) is 0 Å². The van der Waals surface area contributed by atoms with E-state index in [4.69, 9.17) is 0 Å². The van der Waals surface area contributed by atoms with Crippen LogP contribution in [-0.4, -0.2) is 43.0 Å². The van der Waals surface area contributed by atoms with Gasteiger partial charge in [-0.2, -0.15) is 0 Å². The molecule has 2 aromatic rings. The zero-order chi connectivity index (χ0) is 15.1. The summed E-state index contributed by atoms with van der Waals surface area (Å²) in [6.07, 6.45) is 1.72. The molecule has 110 valence electrons. The maximum atomic E-state index is 12.0. The van der Waals surface area contributed by atoms with Crippen molar-refractivity contribution in [1.29, 1.82) is 0 Å². The van der Waals surface area contributed by atoms with Crippen molar-refractivity contribution in [2.45, 2.75) is 0 Å². The molecular weight excluding hydrogens is 264 g/mol. The minimum Gasteiger partial charge on any atom is -0.383 e. The minimum atomic E-state index is -0.156. The fraction of sp³-hybridized carbons (Fsp3) is 0.250. The summed E-state index contributed by atoms with van der Waals surface area (Å²) >= 11 is 0. The van der Waals surface area contributed by atoms with Crippen LogP contribution in [0.2, 0.25) is 0 Å². The van der Waals surface area contributed by atoms with Crippen molar-refractivity contribution in [2.75, 3.05) is 37.8 Å². The van der Waals surface area contributed by atoms with Crippen LogP contribution in [0, 0.1) is 0 Å². The molecule has 0 radical (unpaired) electrons. The first-order valence-electron chi connectivity index (χ1n) is 6.86. The van der Waals surface area contributed by atoms with Crippen molar-refractivity contribution < 1.29 is 4.79 Å². The molecule has 0 saturated carbocycles. The van der Waals surface area contributed by atoms with E-state index < -0.39 is 0 Å². The lowest BCUT2D eigenvalue weighted by Crippen LogP contribution is -2.20. The van der Waals surface area contributed by atoms with Gasteiger partial charge in [0.05, 0.1) is 11.9 Å². The van der Waals surface area contributed by atoms with E-state index in [9.17, 15) is 4.79 Å². The van der Waals surface area contributed by atoms with Crippen LogP contribution in [0.25, 0.3) is 0 Å². The zero-order valence-electron chi connectivity index (χ0n) is 12.3. The number of carbonyl (C=O) groups excluding carboxylic acids is 1. The van der Waals surface area contributed by atoms with Crippen LogP contribution in [0.4, 0.5) is 11.5 Å². The monoisotopic (exact) mass is 284 g/mol. The Kier molecular flexibility index (Phi) is 5.29. The van der Waals surface area contributed by atoms with Crippen LogP contribution >= 0.6 is 0 Å². The highest BCUT2D eigenvalue weighted by atomic mass is 16.1. The Hall–Kier alpha value is -2.40. The van der Waals surface area contributed by atoms with Gasteiger partial charge >= 0.3 is 0 Å². The topological polar surface area (TPSA) is 57.3 Å². The van der Waals surface area contributed by atoms with Crippen LogP contribution in [0.1, 0.15) is 10.4 Å². The van der Waals surface area contributed by atoms with E-state index in [0.717, 1.165) is 18.8 Å². The summed E-state index contributed by atoms with van der Waals surface area (Å²) in [5.74, 6) is 0.387. The van der Waals surface area contributed by atoms with Gasteiger partial charge in [0.2, 0.25) is 0 Å². The lowest BCUT2D eigenvalue weighted by atomic mass is 10.2. The highest BCUT2D eigenvalue weighted by molar-refractivity contribution is 6.03. The van der Waals surface area contributed by atoms with E-state index in [0.29, 0.717) is 11.4 Å². The predicted molar refractivity (Wildman–Crippen MR) is 85.7 cm³/mol. The van der Waals surface area contributed by atoms with Gasteiger partial charge in [-0.15, -0.1) is 0 Å². The van der Waals surface area contributed by atoms with Gasteiger partial charge in [-0.3, -0.25) is 4.79 Å². The second-order valence-electron chi connectivity index (χ2n) is 4.98. The number of anilines is 2. The summed E-state index contributed by atoms with van der Waals surface area (Å²) in [5.41, 5.74) is 1.56. The Morgan fingerprint density at radius 1 is 1.14 bits per heavy atom. The Morgan fingerprint density at radius 2 is 1.90 bits per heavy atom. The molecule has 0 aliphatic heterocycles. The van der Waals surface area contributed by atoms with Crippen LogP contribution in [0.3, 0.4) is 0 Å². The Bertz CT molecular complexity index is 567. The number of nitrogens with zero attached hydrogens (tertiary/aromatic N) is 2. The van der Waals surface area contributed by atoms with E-state index in [1.807, 2.05) is 38.4 Å². The third-order valence-electron chi connectivity index (χ3n) is 2.93. The first-order chi connectivity index (χ1) is 10.1. The normalized spacial score (nSPS) is 10.4. The number of benzene rings is 1. The number of pyridine rings is 1. The molecule has 0 saturated heterocycles. The maximum absolute atomic E-state index is 12.0. The van der Waals surface area contributed by atoms with Gasteiger partial charge in [-0.25, -0.2) is 4.98 Å². The van der Waals surface area contributed by atoms with Crippen LogP contribution in [0.5, 0.6) is 0 Å². The minimum absolute atomic E-state index is 0.156. The molecule has 0 aliphatic carbocycles. The lowest BCUT2D eigenvalue weighted by molar-refractivity contribution is 0.102. The van der Waals surface area contributed by atoms with Gasteiger partial charge in [0, 0.05) is 18.7 Å². The molecule has 0 atom stereocenters. The number of amides is 1. The highest BCUT2D eigenvalue weighted by Gasteiger charge is 2.05. The molecular formula is C16H20N4O. The molecule has 0 aliphatic rings. The second-order valence-corrected chi connectivity index (χ2v) is 4.98. The van der Waals surface area contributed by atoms with E-state index >= 15 is 0 Å². The maximum Gasteiger partial charge on any atom is 0.256 e. The van der Waals surface area contributed by atoms with Gasteiger partial charge in [0.15, 0.2) is 0 Å². The molecule has 5 heteroatoms. The van der Waals surface area contributed by atoms with Crippen molar-refractivity contribution in [2.24, 2.45) is 0 Å². The summed E-state index contributed by atoms with van der Waals surface area (Å²) in [5, 5.41) is 6.05. The fourth-order valence-corrected chi connectivity index (χ4v) is 1.77. The average Bonchev–Trinajstić information content (AvgIpc) is 2.49. The molecule has 2 rings (SSSR count). The molecule has 1 aromatic heterocycles. The Balaban J connectivity index is 1.89. The summed E-state index contributed by atoms with van der Waals surface area (Å²) in [6, 6.07) is 12.8. The van der Waals surface area contributed by atoms with Crippen LogP contribution in [-0.2, 0) is 0 Å². The van der Waals surface area contributed by atoms with Gasteiger partial charge in [0.25, 0.3) is 5.91 Å². The number of aromatic nitrogens is 1. The van der Waals surface area contributed by atoms with E-state index in [2.05, 4.69) is 20.5 Å². The number of carbonyl (C=O) groups is 1. The van der Waals surface area contributed by atoms with Gasteiger partial charge < -0.3 is 15.5 Å². The fourth-order valence-electron chi connectivity index (χ4n) is 1.77. The molecule has 1 aromatic carbocycles. The predicted octanol–water partition coefficient (Wildman–Crippen LogP) is 2.31.